The predicted molar refractivity (Wildman–Crippen MR) is 68.0 cm³/mol. The Balaban J connectivity index is 4.24. The van der Waals surface area contributed by atoms with Gasteiger partial charge in [0.15, 0.2) is 0 Å². The summed E-state index contributed by atoms with van der Waals surface area (Å²) in [7, 11) is 5.64. The normalized spacial score (nSPS) is 14.7. The van der Waals surface area contributed by atoms with Gasteiger partial charge >= 0.3 is 5.97 Å². The maximum atomic E-state index is 11.8. The molecule has 2 unspecified atom stereocenters. The van der Waals surface area contributed by atoms with Gasteiger partial charge in [-0.3, -0.25) is 4.79 Å². The molecule has 0 radical (unpaired) electrons. The maximum absolute atomic E-state index is 11.8. The Morgan fingerprint density at radius 3 is 2.53 bits per heavy atom. The van der Waals surface area contributed by atoms with E-state index in [1.54, 1.807) is 7.11 Å². The number of rotatable bonds is 9. The molecule has 0 aromatic carbocycles. The molecule has 0 rings (SSSR count). The lowest BCUT2D eigenvalue weighted by Crippen LogP contribution is -2.46. The molecule has 2 atom stereocenters. The van der Waals surface area contributed by atoms with Crippen LogP contribution in [0.25, 0.3) is 0 Å². The molecule has 17 heavy (non-hydrogen) atoms. The van der Waals surface area contributed by atoms with Gasteiger partial charge < -0.3 is 19.7 Å². The van der Waals surface area contributed by atoms with Crippen LogP contribution >= 0.6 is 0 Å². The summed E-state index contributed by atoms with van der Waals surface area (Å²) in [5.41, 5.74) is 0. The van der Waals surface area contributed by atoms with Crippen LogP contribution in [0, 0.1) is 5.92 Å². The number of ether oxygens (including phenoxy) is 2. The number of likely N-dealkylation sites (N-methyl/N-ethyl adjacent to an activating group) is 1. The number of nitrogens with one attached hydrogen (secondary N) is 1. The maximum Gasteiger partial charge on any atom is 0.323 e. The number of hydrogen-bond acceptors (Lipinski definition) is 5. The van der Waals surface area contributed by atoms with Crippen molar-refractivity contribution in [2.24, 2.45) is 5.92 Å². The van der Waals surface area contributed by atoms with Gasteiger partial charge in [0.1, 0.15) is 6.04 Å². The first-order valence-electron chi connectivity index (χ1n) is 6.06. The predicted octanol–water partition coefficient (Wildman–Crippen LogP) is 0.352. The zero-order valence-corrected chi connectivity index (χ0v) is 11.7. The molecule has 1 N–H and O–H groups in total. The Hall–Kier alpha value is -0.650. The first-order valence-corrected chi connectivity index (χ1v) is 6.06. The largest absolute Gasteiger partial charge is 0.465 e. The van der Waals surface area contributed by atoms with Gasteiger partial charge in [-0.05, 0) is 21.0 Å². The number of hydrogen-bond donors (Lipinski definition) is 1. The molecular weight excluding hydrogens is 220 g/mol. The highest BCUT2D eigenvalue weighted by Crippen LogP contribution is 2.05. The summed E-state index contributed by atoms with van der Waals surface area (Å²) in [5.74, 6) is -0.1000. The minimum atomic E-state index is -0.296. The van der Waals surface area contributed by atoms with E-state index in [0.717, 1.165) is 13.1 Å². The molecule has 0 aliphatic heterocycles. The zero-order chi connectivity index (χ0) is 13.3. The van der Waals surface area contributed by atoms with Gasteiger partial charge in [-0.15, -0.1) is 0 Å². The quantitative estimate of drug-likeness (QED) is 0.595. The van der Waals surface area contributed by atoms with Crippen LogP contribution in [0.15, 0.2) is 0 Å². The van der Waals surface area contributed by atoms with E-state index in [9.17, 15) is 4.79 Å². The fourth-order valence-corrected chi connectivity index (χ4v) is 1.55. The van der Waals surface area contributed by atoms with Gasteiger partial charge in [-0.25, -0.2) is 0 Å². The molecule has 102 valence electrons. The van der Waals surface area contributed by atoms with E-state index >= 15 is 0 Å². The minimum Gasteiger partial charge on any atom is -0.465 e. The number of esters is 1. The summed E-state index contributed by atoms with van der Waals surface area (Å²) in [6, 6.07) is -0.296. The third-order valence-electron chi connectivity index (χ3n) is 2.46. The SMILES string of the molecule is CCOC(=O)C(NCCN(C)C)C(C)COC. The summed E-state index contributed by atoms with van der Waals surface area (Å²) in [4.78, 5) is 13.8. The smallest absolute Gasteiger partial charge is 0.323 e. The van der Waals surface area contributed by atoms with Crippen molar-refractivity contribution in [2.45, 2.75) is 19.9 Å². The number of carbonyl (C=O) groups is 1. The van der Waals surface area contributed by atoms with Crippen LogP contribution in [0.3, 0.4) is 0 Å². The summed E-state index contributed by atoms with van der Waals surface area (Å²) >= 11 is 0. The highest BCUT2D eigenvalue weighted by molar-refractivity contribution is 5.76. The van der Waals surface area contributed by atoms with Crippen molar-refractivity contribution in [2.75, 3.05) is 47.5 Å². The van der Waals surface area contributed by atoms with E-state index in [1.807, 2.05) is 27.9 Å². The lowest BCUT2D eigenvalue weighted by atomic mass is 10.0. The highest BCUT2D eigenvalue weighted by atomic mass is 16.5. The highest BCUT2D eigenvalue weighted by Gasteiger charge is 2.25. The Morgan fingerprint density at radius 1 is 1.41 bits per heavy atom. The molecule has 0 bridgehead atoms. The van der Waals surface area contributed by atoms with Crippen LogP contribution in [0.4, 0.5) is 0 Å². The summed E-state index contributed by atoms with van der Waals surface area (Å²) in [6.07, 6.45) is 0. The van der Waals surface area contributed by atoms with Crippen LogP contribution < -0.4 is 5.32 Å². The first-order chi connectivity index (χ1) is 8.02. The van der Waals surface area contributed by atoms with Crippen LogP contribution in [0.1, 0.15) is 13.8 Å². The Morgan fingerprint density at radius 2 is 2.06 bits per heavy atom. The van der Waals surface area contributed by atoms with Gasteiger partial charge in [0.25, 0.3) is 0 Å². The summed E-state index contributed by atoms with van der Waals surface area (Å²) in [5, 5.41) is 3.22. The van der Waals surface area contributed by atoms with Gasteiger partial charge in [0.2, 0.25) is 0 Å². The monoisotopic (exact) mass is 246 g/mol. The van der Waals surface area contributed by atoms with Crippen molar-refractivity contribution in [3.05, 3.63) is 0 Å². The summed E-state index contributed by atoms with van der Waals surface area (Å²) < 4.78 is 10.1. The molecule has 5 heteroatoms. The molecule has 0 aliphatic carbocycles. The zero-order valence-electron chi connectivity index (χ0n) is 11.7. The van der Waals surface area contributed by atoms with E-state index in [-0.39, 0.29) is 17.9 Å². The third-order valence-corrected chi connectivity index (χ3v) is 2.46. The van der Waals surface area contributed by atoms with Crippen molar-refractivity contribution in [3.8, 4) is 0 Å². The van der Waals surface area contributed by atoms with E-state index in [4.69, 9.17) is 9.47 Å². The molecule has 5 nitrogen and oxygen atoms in total. The number of nitrogens with zero attached hydrogens (tertiary/aromatic N) is 1. The molecule has 0 saturated heterocycles. The van der Waals surface area contributed by atoms with Crippen molar-refractivity contribution in [3.63, 3.8) is 0 Å². The molecule has 0 saturated carbocycles. The van der Waals surface area contributed by atoms with Gasteiger partial charge in [0, 0.05) is 26.1 Å². The van der Waals surface area contributed by atoms with E-state index < -0.39 is 0 Å². The van der Waals surface area contributed by atoms with Crippen molar-refractivity contribution in [1.82, 2.24) is 10.2 Å². The van der Waals surface area contributed by atoms with Crippen molar-refractivity contribution >= 4 is 5.97 Å². The lowest BCUT2D eigenvalue weighted by molar-refractivity contribution is -0.147. The van der Waals surface area contributed by atoms with Crippen LogP contribution in [-0.2, 0) is 14.3 Å². The Kier molecular flexibility index (Phi) is 9.03. The minimum absolute atomic E-state index is 0.0983. The average Bonchev–Trinajstić information content (AvgIpc) is 2.24. The second kappa shape index (κ2) is 9.39. The Bertz CT molecular complexity index is 210. The van der Waals surface area contributed by atoms with Gasteiger partial charge in [-0.2, -0.15) is 0 Å². The molecule has 0 heterocycles. The van der Waals surface area contributed by atoms with Crippen molar-refractivity contribution in [1.29, 1.82) is 0 Å². The molecule has 0 fully saturated rings. The van der Waals surface area contributed by atoms with Crippen LogP contribution in [-0.4, -0.2) is 64.4 Å². The van der Waals surface area contributed by atoms with E-state index in [2.05, 4.69) is 10.2 Å². The van der Waals surface area contributed by atoms with Gasteiger partial charge in [0.05, 0.1) is 13.2 Å². The second-order valence-corrected chi connectivity index (χ2v) is 4.42. The third kappa shape index (κ3) is 7.31. The Labute approximate surface area is 104 Å². The van der Waals surface area contributed by atoms with Crippen LogP contribution in [0.5, 0.6) is 0 Å². The average molecular weight is 246 g/mol. The van der Waals surface area contributed by atoms with Crippen LogP contribution in [0.2, 0.25) is 0 Å². The standard InChI is InChI=1S/C12H26N2O3/c1-6-17-12(15)11(10(2)9-16-5)13-7-8-14(3)4/h10-11,13H,6-9H2,1-5H3. The molecular formula is C12H26N2O3. The van der Waals surface area contributed by atoms with Gasteiger partial charge in [-0.1, -0.05) is 6.92 Å². The van der Waals surface area contributed by atoms with Crippen molar-refractivity contribution < 1.29 is 14.3 Å². The topological polar surface area (TPSA) is 50.8 Å². The molecule has 0 amide bonds. The molecule has 0 aliphatic rings. The molecule has 0 spiro atoms. The van der Waals surface area contributed by atoms with E-state index in [0.29, 0.717) is 13.2 Å². The number of carbonyl (C=O) groups excluding carboxylic acids is 1. The first kappa shape index (κ1) is 16.4. The molecule has 0 aromatic heterocycles. The lowest BCUT2D eigenvalue weighted by Gasteiger charge is -2.23. The summed E-state index contributed by atoms with van der Waals surface area (Å²) in [6.45, 7) is 6.38. The van der Waals surface area contributed by atoms with E-state index in [1.165, 1.54) is 0 Å². The molecule has 0 aromatic rings. The number of methoxy groups -OCH3 is 1. The fourth-order valence-electron chi connectivity index (χ4n) is 1.55. The fraction of sp³-hybridized carbons (Fsp3) is 0.917. The second-order valence-electron chi connectivity index (χ2n) is 4.42.